The van der Waals surface area contributed by atoms with Gasteiger partial charge in [0.25, 0.3) is 0 Å². The minimum atomic E-state index is 0.702. The molecule has 1 N–H and O–H groups in total. The molecule has 1 aliphatic rings. The first-order valence-corrected chi connectivity index (χ1v) is 21.7. The van der Waals surface area contributed by atoms with Gasteiger partial charge in [-0.1, -0.05) is 119 Å². The van der Waals surface area contributed by atoms with Crippen LogP contribution >= 0.6 is 21.6 Å². The Balaban J connectivity index is 1.00. The molecule has 7 rings (SSSR count). The van der Waals surface area contributed by atoms with Crippen molar-refractivity contribution in [3.8, 4) is 23.0 Å². The van der Waals surface area contributed by atoms with Crippen molar-refractivity contribution in [3.05, 3.63) is 168 Å². The Bertz CT molecular complexity index is 2650. The van der Waals surface area contributed by atoms with Crippen LogP contribution in [0.3, 0.4) is 0 Å². The smallest absolute Gasteiger partial charge is 0.213 e. The zero-order valence-corrected chi connectivity index (χ0v) is 35.0. The van der Waals surface area contributed by atoms with E-state index in [1.54, 1.807) is 28.4 Å². The number of nitrogens with zero attached hydrogens (tertiary/aromatic N) is 1. The highest BCUT2D eigenvalue weighted by Crippen LogP contribution is 2.40. The number of fused-ring (bicyclic) bond motifs is 3. The van der Waals surface area contributed by atoms with E-state index < -0.39 is 0 Å². The van der Waals surface area contributed by atoms with Gasteiger partial charge in [0.15, 0.2) is 42.3 Å². The number of pyridine rings is 1. The van der Waals surface area contributed by atoms with Crippen LogP contribution in [0.5, 0.6) is 23.0 Å². The molecule has 0 fully saturated rings. The molecule has 0 radical (unpaired) electrons. The SMILES string of the molecule is C=CC(/C=C/c1c(OC)c(OC)cc2ccccc12)=C1/C=CC=CC1=[NH+]CCSSCC[n+]1ccc(/C=C/c2c(OC)c(OC)cc3ccccc23)c2ccccc21. The number of aryl methyl sites for hydroxylation is 1. The number of ether oxygens (including phenoxy) is 4. The fourth-order valence-corrected chi connectivity index (χ4v) is 9.22. The predicted molar refractivity (Wildman–Crippen MR) is 247 cm³/mol. The summed E-state index contributed by atoms with van der Waals surface area (Å²) in [4.78, 5) is 3.67. The molecule has 0 saturated heterocycles. The summed E-state index contributed by atoms with van der Waals surface area (Å²) in [5.74, 6) is 4.81. The number of nitrogens with one attached hydrogen (secondary N) is 1. The number of aromatic nitrogens is 1. The number of methoxy groups -OCH3 is 4. The normalized spacial score (nSPS) is 14.3. The van der Waals surface area contributed by atoms with Crippen LogP contribution in [0, 0.1) is 0 Å². The quantitative estimate of drug-likeness (QED) is 0.0598. The van der Waals surface area contributed by atoms with Gasteiger partial charge in [0, 0.05) is 29.3 Å². The molecular formula is C50H48N2O4S2+2. The molecule has 1 aliphatic carbocycles. The van der Waals surface area contributed by atoms with Gasteiger partial charge in [-0.25, -0.2) is 4.99 Å². The number of hydrogen-bond donors (Lipinski definition) is 1. The van der Waals surface area contributed by atoms with Crippen molar-refractivity contribution in [2.24, 2.45) is 0 Å². The second-order valence-electron chi connectivity index (χ2n) is 13.4. The second-order valence-corrected chi connectivity index (χ2v) is 16.1. The van der Waals surface area contributed by atoms with E-state index in [2.05, 4.69) is 132 Å². The minimum Gasteiger partial charge on any atom is -0.493 e. The van der Waals surface area contributed by atoms with Gasteiger partial charge in [-0.2, -0.15) is 4.57 Å². The van der Waals surface area contributed by atoms with E-state index in [1.807, 2.05) is 58.0 Å². The van der Waals surface area contributed by atoms with Gasteiger partial charge in [-0.15, -0.1) is 0 Å². The van der Waals surface area contributed by atoms with Crippen LogP contribution in [-0.2, 0) is 6.54 Å². The maximum atomic E-state index is 5.84. The van der Waals surface area contributed by atoms with Crippen LogP contribution in [0.4, 0.5) is 0 Å². The van der Waals surface area contributed by atoms with Gasteiger partial charge < -0.3 is 18.9 Å². The number of para-hydroxylation sites is 1. The summed E-state index contributed by atoms with van der Waals surface area (Å²) in [6.45, 7) is 5.90. The first-order chi connectivity index (χ1) is 28.6. The Kier molecular flexibility index (Phi) is 13.5. The van der Waals surface area contributed by atoms with Crippen molar-refractivity contribution in [1.82, 2.24) is 0 Å². The van der Waals surface area contributed by atoms with Crippen LogP contribution in [0.25, 0.3) is 50.7 Å². The zero-order chi connectivity index (χ0) is 40.3. The molecule has 0 amide bonds. The third kappa shape index (κ3) is 8.79. The molecule has 5 aromatic carbocycles. The Morgan fingerprint density at radius 2 is 1.28 bits per heavy atom. The summed E-state index contributed by atoms with van der Waals surface area (Å²) >= 11 is 0. The number of rotatable bonds is 16. The average molecular weight is 805 g/mol. The topological polar surface area (TPSA) is 54.8 Å². The van der Waals surface area contributed by atoms with Crippen molar-refractivity contribution in [1.29, 1.82) is 0 Å². The van der Waals surface area contributed by atoms with E-state index in [4.69, 9.17) is 18.9 Å². The standard InChI is InChI=1S/C50H47N2O4S2/c1-6-35(23-25-43-39-17-9-7-15-37(39)33-47(53-2)49(43)55-4)41-19-11-13-21-45(41)51-28-31-57-58-32-30-52-29-27-36(42-20-12-14-22-46(42)52)24-26-44-40-18-10-8-16-38(40)34-48(54-3)50(44)56-5/h6-27,29,33-34H,1,28,30-32H2,2-5H3/q+1/p+1/b25-23+,26-24+,41-35+,51-45?. The Morgan fingerprint density at radius 1 is 0.672 bits per heavy atom. The lowest BCUT2D eigenvalue weighted by Crippen LogP contribution is -2.74. The molecule has 0 unspecified atom stereocenters. The fraction of sp³-hybridized carbons (Fsp3) is 0.160. The van der Waals surface area contributed by atoms with Crippen molar-refractivity contribution in [2.75, 3.05) is 46.5 Å². The molecule has 0 atom stereocenters. The van der Waals surface area contributed by atoms with E-state index in [-0.39, 0.29) is 0 Å². The summed E-state index contributed by atoms with van der Waals surface area (Å²) in [6, 6.07) is 31.4. The monoisotopic (exact) mass is 804 g/mol. The maximum Gasteiger partial charge on any atom is 0.213 e. The van der Waals surface area contributed by atoms with E-state index >= 15 is 0 Å². The van der Waals surface area contributed by atoms with Crippen molar-refractivity contribution < 1.29 is 28.5 Å². The lowest BCUT2D eigenvalue weighted by molar-refractivity contribution is -0.666. The summed E-state index contributed by atoms with van der Waals surface area (Å²) < 4.78 is 25.4. The lowest BCUT2D eigenvalue weighted by atomic mass is 9.96. The van der Waals surface area contributed by atoms with E-state index in [0.29, 0.717) is 11.5 Å². The third-order valence-electron chi connectivity index (χ3n) is 10.1. The van der Waals surface area contributed by atoms with Crippen LogP contribution in [0.15, 0.2) is 151 Å². The molecule has 58 heavy (non-hydrogen) atoms. The fourth-order valence-electron chi connectivity index (χ4n) is 7.35. The largest absolute Gasteiger partial charge is 0.493 e. The molecular weight excluding hydrogens is 757 g/mol. The molecule has 6 nitrogen and oxygen atoms in total. The highest BCUT2D eigenvalue weighted by atomic mass is 33.1. The zero-order valence-electron chi connectivity index (χ0n) is 33.4. The first kappa shape index (κ1) is 40.2. The molecule has 8 heteroatoms. The van der Waals surface area contributed by atoms with Gasteiger partial charge in [0.05, 0.1) is 50.9 Å². The highest BCUT2D eigenvalue weighted by Gasteiger charge is 2.17. The summed E-state index contributed by atoms with van der Waals surface area (Å²) in [6.07, 6.45) is 21.0. The number of allylic oxidation sites excluding steroid dienone is 8. The summed E-state index contributed by atoms with van der Waals surface area (Å²) in [5, 5.41) is 5.61. The maximum absolute atomic E-state index is 5.84. The Morgan fingerprint density at radius 3 is 1.93 bits per heavy atom. The van der Waals surface area contributed by atoms with Gasteiger partial charge in [-0.3, -0.25) is 0 Å². The predicted octanol–water partition coefficient (Wildman–Crippen LogP) is 9.86. The first-order valence-electron chi connectivity index (χ1n) is 19.2. The van der Waals surface area contributed by atoms with E-state index in [0.717, 1.165) is 91.2 Å². The van der Waals surface area contributed by atoms with Crippen molar-refractivity contribution in [3.63, 3.8) is 0 Å². The summed E-state index contributed by atoms with van der Waals surface area (Å²) in [5.41, 5.74) is 7.50. The van der Waals surface area contributed by atoms with Crippen LogP contribution in [-0.4, -0.2) is 52.2 Å². The third-order valence-corrected chi connectivity index (χ3v) is 12.5. The van der Waals surface area contributed by atoms with E-state index in [1.165, 1.54) is 10.9 Å². The van der Waals surface area contributed by atoms with E-state index in [9.17, 15) is 0 Å². The molecule has 1 aromatic heterocycles. The second kappa shape index (κ2) is 19.5. The number of benzene rings is 5. The molecule has 0 saturated carbocycles. The number of hydrogen-bond acceptors (Lipinski definition) is 6. The highest BCUT2D eigenvalue weighted by molar-refractivity contribution is 8.76. The molecule has 6 aromatic rings. The van der Waals surface area contributed by atoms with Crippen LogP contribution in [0.1, 0.15) is 16.7 Å². The molecule has 0 bridgehead atoms. The minimum absolute atomic E-state index is 0.702. The molecule has 0 aliphatic heterocycles. The van der Waals surface area contributed by atoms with Gasteiger partial charge in [-0.05, 0) is 69.1 Å². The van der Waals surface area contributed by atoms with Crippen molar-refractivity contribution in [2.45, 2.75) is 6.54 Å². The molecule has 292 valence electrons. The van der Waals surface area contributed by atoms with Gasteiger partial charge >= 0.3 is 0 Å². The summed E-state index contributed by atoms with van der Waals surface area (Å²) in [7, 11) is 10.5. The van der Waals surface area contributed by atoms with Crippen LogP contribution in [0.2, 0.25) is 0 Å². The van der Waals surface area contributed by atoms with Crippen molar-refractivity contribution >= 4 is 78.0 Å². The Labute approximate surface area is 349 Å². The van der Waals surface area contributed by atoms with Crippen LogP contribution < -0.4 is 28.5 Å². The van der Waals surface area contributed by atoms with Gasteiger partial charge in [0.2, 0.25) is 11.2 Å². The average Bonchev–Trinajstić information content (AvgIpc) is 3.27. The Hall–Kier alpha value is -5.96. The molecule has 1 heterocycles. The molecule has 0 spiro atoms. The lowest BCUT2D eigenvalue weighted by Gasteiger charge is -2.14. The van der Waals surface area contributed by atoms with Gasteiger partial charge in [0.1, 0.15) is 0 Å².